The third-order valence-electron chi connectivity index (χ3n) is 3.48. The maximum atomic E-state index is 12.3. The third kappa shape index (κ3) is 3.13. The van der Waals surface area contributed by atoms with E-state index in [2.05, 4.69) is 11.1 Å². The van der Waals surface area contributed by atoms with E-state index in [0.29, 0.717) is 10.6 Å². The third-order valence-corrected chi connectivity index (χ3v) is 4.55. The Bertz CT molecular complexity index is 559. The molecule has 0 aliphatic carbocycles. The lowest BCUT2D eigenvalue weighted by Gasteiger charge is -2.20. The van der Waals surface area contributed by atoms with Gasteiger partial charge in [-0.25, -0.2) is 4.98 Å². The lowest BCUT2D eigenvalue weighted by atomic mass is 10.1. The van der Waals surface area contributed by atoms with Crippen molar-refractivity contribution < 1.29 is 4.79 Å². The van der Waals surface area contributed by atoms with E-state index < -0.39 is 0 Å². The second-order valence-corrected chi connectivity index (χ2v) is 6.49. The van der Waals surface area contributed by atoms with Gasteiger partial charge in [-0.3, -0.25) is 4.79 Å². The minimum Gasteiger partial charge on any atom is -0.342 e. The Morgan fingerprint density at radius 2 is 2.10 bits per heavy atom. The minimum atomic E-state index is -0.200. The number of aryl methyl sites for hydroxylation is 2. The first-order valence-corrected chi connectivity index (χ1v) is 7.74. The molecule has 0 N–H and O–H groups in total. The summed E-state index contributed by atoms with van der Waals surface area (Å²) in [7, 11) is 0. The van der Waals surface area contributed by atoms with Gasteiger partial charge in [0.2, 0.25) is 5.91 Å². The monoisotopic (exact) mass is 289 g/mol. The number of aromatic nitrogens is 1. The molecule has 0 bridgehead atoms. The zero-order valence-corrected chi connectivity index (χ0v) is 13.0. The fourth-order valence-corrected chi connectivity index (χ4v) is 3.54. The van der Waals surface area contributed by atoms with Gasteiger partial charge in [0, 0.05) is 18.8 Å². The molecule has 1 aromatic heterocycles. The minimum absolute atomic E-state index is 0.150. The highest BCUT2D eigenvalue weighted by atomic mass is 32.2. The molecule has 1 aliphatic rings. The molecular formula is C15H19N3OS. The molecule has 0 aromatic carbocycles. The lowest BCUT2D eigenvalue weighted by Crippen LogP contribution is -2.34. The highest BCUT2D eigenvalue weighted by Crippen LogP contribution is 2.28. The Kier molecular flexibility index (Phi) is 4.66. The van der Waals surface area contributed by atoms with Gasteiger partial charge >= 0.3 is 0 Å². The van der Waals surface area contributed by atoms with Crippen LogP contribution in [0.3, 0.4) is 0 Å². The van der Waals surface area contributed by atoms with Gasteiger partial charge in [-0.2, -0.15) is 5.26 Å². The second kappa shape index (κ2) is 6.27. The average Bonchev–Trinajstić information content (AvgIpc) is 2.91. The van der Waals surface area contributed by atoms with Crippen LogP contribution in [0.5, 0.6) is 0 Å². The summed E-state index contributed by atoms with van der Waals surface area (Å²) < 4.78 is 0. The summed E-state index contributed by atoms with van der Waals surface area (Å²) in [4.78, 5) is 18.6. The number of rotatable bonds is 3. The summed E-state index contributed by atoms with van der Waals surface area (Å²) in [6.45, 7) is 7.42. The van der Waals surface area contributed by atoms with Crippen LogP contribution in [0.1, 0.15) is 36.6 Å². The van der Waals surface area contributed by atoms with Crippen molar-refractivity contribution in [3.8, 4) is 6.07 Å². The summed E-state index contributed by atoms with van der Waals surface area (Å²) in [6.07, 6.45) is 2.18. The molecule has 1 saturated heterocycles. The predicted molar refractivity (Wildman–Crippen MR) is 79.6 cm³/mol. The molecule has 2 heterocycles. The molecule has 1 aliphatic heterocycles. The van der Waals surface area contributed by atoms with Crippen LogP contribution in [0.4, 0.5) is 0 Å². The summed E-state index contributed by atoms with van der Waals surface area (Å²) >= 11 is 1.39. The highest BCUT2D eigenvalue weighted by Gasteiger charge is 2.25. The van der Waals surface area contributed by atoms with Crippen molar-refractivity contribution in [3.05, 3.63) is 22.9 Å². The van der Waals surface area contributed by atoms with Crippen LogP contribution < -0.4 is 0 Å². The van der Waals surface area contributed by atoms with Crippen LogP contribution in [0.2, 0.25) is 0 Å². The Morgan fingerprint density at radius 1 is 1.45 bits per heavy atom. The lowest BCUT2D eigenvalue weighted by molar-refractivity contribution is -0.129. The Labute approximate surface area is 124 Å². The quantitative estimate of drug-likeness (QED) is 0.803. The van der Waals surface area contributed by atoms with Gasteiger partial charge in [-0.05, 0) is 45.2 Å². The normalized spacial score (nSPS) is 16.0. The zero-order valence-electron chi connectivity index (χ0n) is 12.1. The van der Waals surface area contributed by atoms with E-state index in [4.69, 9.17) is 0 Å². The van der Waals surface area contributed by atoms with Crippen molar-refractivity contribution in [2.24, 2.45) is 0 Å². The van der Waals surface area contributed by atoms with Crippen molar-refractivity contribution in [3.63, 3.8) is 0 Å². The van der Waals surface area contributed by atoms with E-state index in [1.807, 2.05) is 31.7 Å². The molecule has 1 aromatic rings. The SMILES string of the molecule is Cc1cc(C)c(C#N)c(SC(C)C(=O)N2CCCC2)n1. The topological polar surface area (TPSA) is 57.0 Å². The largest absolute Gasteiger partial charge is 0.342 e. The molecule has 1 unspecified atom stereocenters. The van der Waals surface area contributed by atoms with Gasteiger partial charge in [0.25, 0.3) is 0 Å². The van der Waals surface area contributed by atoms with Crippen LogP contribution in [-0.2, 0) is 4.79 Å². The fraction of sp³-hybridized carbons (Fsp3) is 0.533. The van der Waals surface area contributed by atoms with Gasteiger partial charge in [-0.1, -0.05) is 11.8 Å². The summed E-state index contributed by atoms with van der Waals surface area (Å²) in [6, 6.07) is 4.10. The molecule has 20 heavy (non-hydrogen) atoms. The number of hydrogen-bond donors (Lipinski definition) is 0. The van der Waals surface area contributed by atoms with Crippen LogP contribution in [0, 0.1) is 25.2 Å². The maximum absolute atomic E-state index is 12.3. The number of pyridine rings is 1. The van der Waals surface area contributed by atoms with Crippen molar-refractivity contribution >= 4 is 17.7 Å². The molecule has 5 heteroatoms. The van der Waals surface area contributed by atoms with Gasteiger partial charge in [-0.15, -0.1) is 0 Å². The smallest absolute Gasteiger partial charge is 0.235 e. The molecule has 0 spiro atoms. The van der Waals surface area contributed by atoms with E-state index >= 15 is 0 Å². The molecule has 2 rings (SSSR count). The first kappa shape index (κ1) is 14.9. The van der Waals surface area contributed by atoms with E-state index in [1.165, 1.54) is 11.8 Å². The van der Waals surface area contributed by atoms with Crippen molar-refractivity contribution in [2.45, 2.75) is 43.9 Å². The van der Waals surface area contributed by atoms with Crippen LogP contribution in [0.25, 0.3) is 0 Å². The standard InChI is InChI=1S/C15H19N3OS/c1-10-8-11(2)17-14(13(10)9-16)20-12(3)15(19)18-6-4-5-7-18/h8,12H,4-7H2,1-3H3. The number of likely N-dealkylation sites (tertiary alicyclic amines) is 1. The second-order valence-electron chi connectivity index (χ2n) is 5.16. The predicted octanol–water partition coefficient (Wildman–Crippen LogP) is 2.67. The van der Waals surface area contributed by atoms with Crippen LogP contribution in [0.15, 0.2) is 11.1 Å². The van der Waals surface area contributed by atoms with Crippen molar-refractivity contribution in [1.82, 2.24) is 9.88 Å². The van der Waals surface area contributed by atoms with Gasteiger partial charge in [0.15, 0.2) is 0 Å². The number of carbonyl (C=O) groups excluding carboxylic acids is 1. The zero-order chi connectivity index (χ0) is 14.7. The molecule has 1 amide bonds. The van der Waals surface area contributed by atoms with E-state index in [0.717, 1.165) is 37.2 Å². The number of thioether (sulfide) groups is 1. The highest BCUT2D eigenvalue weighted by molar-refractivity contribution is 8.00. The van der Waals surface area contributed by atoms with E-state index in [1.54, 1.807) is 0 Å². The molecule has 1 fully saturated rings. The molecule has 1 atom stereocenters. The number of amides is 1. The molecule has 106 valence electrons. The molecule has 0 saturated carbocycles. The van der Waals surface area contributed by atoms with Gasteiger partial charge in [0.05, 0.1) is 10.8 Å². The summed E-state index contributed by atoms with van der Waals surface area (Å²) in [5.74, 6) is 0.150. The first-order chi connectivity index (χ1) is 9.52. The Morgan fingerprint density at radius 3 is 2.70 bits per heavy atom. The first-order valence-electron chi connectivity index (χ1n) is 6.86. The van der Waals surface area contributed by atoms with E-state index in [9.17, 15) is 10.1 Å². The van der Waals surface area contributed by atoms with Crippen molar-refractivity contribution in [1.29, 1.82) is 5.26 Å². The van der Waals surface area contributed by atoms with Gasteiger partial charge in [0.1, 0.15) is 11.1 Å². The summed E-state index contributed by atoms with van der Waals surface area (Å²) in [5, 5.41) is 9.73. The average molecular weight is 289 g/mol. The summed E-state index contributed by atoms with van der Waals surface area (Å²) in [5.41, 5.74) is 2.38. The number of hydrogen-bond acceptors (Lipinski definition) is 4. The maximum Gasteiger partial charge on any atom is 0.235 e. The van der Waals surface area contributed by atoms with E-state index in [-0.39, 0.29) is 11.2 Å². The van der Waals surface area contributed by atoms with Crippen LogP contribution >= 0.6 is 11.8 Å². The Balaban J connectivity index is 2.17. The fourth-order valence-electron chi connectivity index (χ4n) is 2.44. The van der Waals surface area contributed by atoms with Crippen LogP contribution in [-0.4, -0.2) is 34.1 Å². The molecule has 4 nitrogen and oxygen atoms in total. The Hall–Kier alpha value is -1.54. The molecule has 0 radical (unpaired) electrons. The number of carbonyl (C=O) groups is 1. The number of nitriles is 1. The molecular weight excluding hydrogens is 270 g/mol. The number of nitrogens with zero attached hydrogens (tertiary/aromatic N) is 3. The van der Waals surface area contributed by atoms with Crippen molar-refractivity contribution in [2.75, 3.05) is 13.1 Å². The van der Waals surface area contributed by atoms with Gasteiger partial charge < -0.3 is 4.90 Å².